The number of fused-ring (bicyclic) bond motifs is 1. The zero-order valence-electron chi connectivity index (χ0n) is 11.0. The Hall–Kier alpha value is -2.04. The predicted octanol–water partition coefficient (Wildman–Crippen LogP) is 1.77. The molecule has 2 rings (SSSR count). The first-order valence-corrected chi connectivity index (χ1v) is 6.28. The molecule has 19 heavy (non-hydrogen) atoms. The molecule has 1 heterocycles. The maximum atomic E-state index is 12.4. The van der Waals surface area contributed by atoms with Crippen molar-refractivity contribution >= 4 is 17.6 Å². The zero-order chi connectivity index (χ0) is 14.0. The monoisotopic (exact) mass is 263 g/mol. The third kappa shape index (κ3) is 2.54. The highest BCUT2D eigenvalue weighted by atomic mass is 16.5. The van der Waals surface area contributed by atoms with Crippen LogP contribution in [-0.2, 0) is 9.59 Å². The Morgan fingerprint density at radius 2 is 1.95 bits per heavy atom. The maximum Gasteiger partial charge on any atom is 0.307 e. The van der Waals surface area contributed by atoms with Gasteiger partial charge < -0.3 is 14.7 Å². The summed E-state index contributed by atoms with van der Waals surface area (Å²) in [6.07, 6.45) is 0. The fourth-order valence-electron chi connectivity index (χ4n) is 2.07. The summed E-state index contributed by atoms with van der Waals surface area (Å²) in [7, 11) is 0. The van der Waals surface area contributed by atoms with Gasteiger partial charge in [-0.3, -0.25) is 9.59 Å². The van der Waals surface area contributed by atoms with Gasteiger partial charge in [0, 0.05) is 5.92 Å². The van der Waals surface area contributed by atoms with Gasteiger partial charge in [-0.15, -0.1) is 0 Å². The van der Waals surface area contributed by atoms with E-state index in [4.69, 9.17) is 9.84 Å². The van der Waals surface area contributed by atoms with Crippen LogP contribution in [0.2, 0.25) is 0 Å². The number of ether oxygens (including phenoxy) is 1. The van der Waals surface area contributed by atoms with Crippen LogP contribution in [0.5, 0.6) is 5.75 Å². The molecule has 0 aliphatic carbocycles. The fraction of sp³-hybridized carbons (Fsp3) is 0.429. The van der Waals surface area contributed by atoms with Gasteiger partial charge in [-0.2, -0.15) is 0 Å². The van der Waals surface area contributed by atoms with Crippen molar-refractivity contribution in [3.05, 3.63) is 24.3 Å². The van der Waals surface area contributed by atoms with E-state index in [1.807, 2.05) is 18.2 Å². The molecule has 1 N–H and O–H groups in total. The third-order valence-corrected chi connectivity index (χ3v) is 3.52. The van der Waals surface area contributed by atoms with Gasteiger partial charge in [0.15, 0.2) is 0 Å². The van der Waals surface area contributed by atoms with Crippen LogP contribution in [0.15, 0.2) is 24.3 Å². The van der Waals surface area contributed by atoms with Gasteiger partial charge in [0.2, 0.25) is 5.91 Å². The van der Waals surface area contributed by atoms with Crippen LogP contribution in [0.25, 0.3) is 0 Å². The van der Waals surface area contributed by atoms with Gasteiger partial charge in [-0.1, -0.05) is 26.0 Å². The van der Waals surface area contributed by atoms with E-state index in [0.717, 1.165) is 0 Å². The van der Waals surface area contributed by atoms with E-state index in [0.29, 0.717) is 24.6 Å². The van der Waals surface area contributed by atoms with E-state index in [2.05, 4.69) is 0 Å². The number of benzene rings is 1. The van der Waals surface area contributed by atoms with Crippen LogP contribution in [0.3, 0.4) is 0 Å². The number of carboxylic acid groups (broad SMARTS) is 1. The Morgan fingerprint density at radius 3 is 2.63 bits per heavy atom. The number of carbonyl (C=O) groups is 2. The highest BCUT2D eigenvalue weighted by molar-refractivity contribution is 5.98. The van der Waals surface area contributed by atoms with Crippen LogP contribution < -0.4 is 9.64 Å². The summed E-state index contributed by atoms with van der Waals surface area (Å²) in [6.45, 7) is 4.08. The summed E-state index contributed by atoms with van der Waals surface area (Å²) in [5, 5.41) is 9.00. The number of carboxylic acids is 1. The second-order valence-electron chi connectivity index (χ2n) is 4.72. The summed E-state index contributed by atoms with van der Waals surface area (Å²) in [4.78, 5) is 25.0. The predicted molar refractivity (Wildman–Crippen MR) is 70.3 cm³/mol. The number of para-hydroxylation sites is 2. The topological polar surface area (TPSA) is 66.8 Å². The molecule has 0 saturated heterocycles. The average Bonchev–Trinajstić information content (AvgIpc) is 2.44. The Balaban J connectivity index is 2.24. The van der Waals surface area contributed by atoms with Crippen molar-refractivity contribution in [2.75, 3.05) is 18.1 Å². The minimum absolute atomic E-state index is 0.175. The van der Waals surface area contributed by atoms with Gasteiger partial charge >= 0.3 is 5.97 Å². The Labute approximate surface area is 111 Å². The highest BCUT2D eigenvalue weighted by Crippen LogP contribution is 2.32. The molecule has 1 aliphatic rings. The molecule has 1 amide bonds. The van der Waals surface area contributed by atoms with Crippen LogP contribution in [0, 0.1) is 11.8 Å². The SMILES string of the molecule is CC(C(=O)O)C(C)C(=O)N1CCOc2ccccc21. The number of hydrogen-bond acceptors (Lipinski definition) is 3. The molecule has 0 saturated carbocycles. The van der Waals surface area contributed by atoms with E-state index < -0.39 is 17.8 Å². The largest absolute Gasteiger partial charge is 0.490 e. The van der Waals surface area contributed by atoms with Crippen LogP contribution in [-0.4, -0.2) is 30.1 Å². The molecule has 0 fully saturated rings. The molecule has 5 nitrogen and oxygen atoms in total. The fourth-order valence-corrected chi connectivity index (χ4v) is 2.07. The Bertz CT molecular complexity index is 500. The number of hydrogen-bond donors (Lipinski definition) is 1. The third-order valence-electron chi connectivity index (χ3n) is 3.52. The number of nitrogens with zero attached hydrogens (tertiary/aromatic N) is 1. The lowest BCUT2D eigenvalue weighted by Gasteiger charge is -2.32. The van der Waals surface area contributed by atoms with Crippen molar-refractivity contribution in [3.63, 3.8) is 0 Å². The summed E-state index contributed by atoms with van der Waals surface area (Å²) >= 11 is 0. The molecule has 5 heteroatoms. The maximum absolute atomic E-state index is 12.4. The van der Waals surface area contributed by atoms with Gasteiger partial charge in [-0.25, -0.2) is 0 Å². The normalized spacial score (nSPS) is 17.1. The summed E-state index contributed by atoms with van der Waals surface area (Å²) in [5.41, 5.74) is 0.711. The number of amides is 1. The first-order valence-electron chi connectivity index (χ1n) is 6.28. The van der Waals surface area contributed by atoms with Gasteiger partial charge in [0.1, 0.15) is 12.4 Å². The van der Waals surface area contributed by atoms with E-state index >= 15 is 0 Å². The Morgan fingerprint density at radius 1 is 1.26 bits per heavy atom. The smallest absolute Gasteiger partial charge is 0.307 e. The van der Waals surface area contributed by atoms with Crippen LogP contribution in [0.4, 0.5) is 5.69 Å². The lowest BCUT2D eigenvalue weighted by Crippen LogP contribution is -2.43. The lowest BCUT2D eigenvalue weighted by atomic mass is 9.94. The van der Waals surface area contributed by atoms with Crippen molar-refractivity contribution in [1.82, 2.24) is 0 Å². The average molecular weight is 263 g/mol. The van der Waals surface area contributed by atoms with Gasteiger partial charge in [-0.05, 0) is 12.1 Å². The first kappa shape index (κ1) is 13.4. The highest BCUT2D eigenvalue weighted by Gasteiger charge is 2.32. The summed E-state index contributed by atoms with van der Waals surface area (Å²) < 4.78 is 5.48. The van der Waals surface area contributed by atoms with Gasteiger partial charge in [0.25, 0.3) is 0 Å². The molecule has 1 aromatic carbocycles. The molecule has 1 aromatic rings. The summed E-state index contributed by atoms with van der Waals surface area (Å²) in [6, 6.07) is 7.29. The molecule has 2 unspecified atom stereocenters. The number of anilines is 1. The van der Waals surface area contributed by atoms with Crippen molar-refractivity contribution < 1.29 is 19.4 Å². The zero-order valence-corrected chi connectivity index (χ0v) is 11.0. The van der Waals surface area contributed by atoms with Crippen LogP contribution >= 0.6 is 0 Å². The number of carbonyl (C=O) groups excluding carboxylic acids is 1. The minimum Gasteiger partial charge on any atom is -0.490 e. The number of rotatable bonds is 3. The molecule has 2 atom stereocenters. The van der Waals surface area contributed by atoms with Gasteiger partial charge in [0.05, 0.1) is 18.2 Å². The van der Waals surface area contributed by atoms with E-state index in [1.54, 1.807) is 24.8 Å². The minimum atomic E-state index is -0.956. The first-order chi connectivity index (χ1) is 9.02. The molecular formula is C14H17NO4. The number of aliphatic carboxylic acids is 1. The molecule has 0 aromatic heterocycles. The van der Waals surface area contributed by atoms with Crippen molar-refractivity contribution in [2.24, 2.45) is 11.8 Å². The molecule has 102 valence electrons. The van der Waals surface area contributed by atoms with E-state index in [1.165, 1.54) is 0 Å². The van der Waals surface area contributed by atoms with E-state index in [-0.39, 0.29) is 5.91 Å². The molecule has 0 radical (unpaired) electrons. The van der Waals surface area contributed by atoms with Crippen molar-refractivity contribution in [2.45, 2.75) is 13.8 Å². The van der Waals surface area contributed by atoms with E-state index in [9.17, 15) is 9.59 Å². The van der Waals surface area contributed by atoms with Crippen molar-refractivity contribution in [3.8, 4) is 5.75 Å². The molecule has 0 bridgehead atoms. The second-order valence-corrected chi connectivity index (χ2v) is 4.72. The Kier molecular flexibility index (Phi) is 3.74. The standard InChI is InChI=1S/C14H17NO4/c1-9(10(2)14(17)18)13(16)15-7-8-19-12-6-4-3-5-11(12)15/h3-6,9-10H,7-8H2,1-2H3,(H,17,18). The quantitative estimate of drug-likeness (QED) is 0.902. The molecule has 1 aliphatic heterocycles. The lowest BCUT2D eigenvalue weighted by molar-refractivity contribution is -0.145. The molecular weight excluding hydrogens is 246 g/mol. The van der Waals surface area contributed by atoms with Crippen LogP contribution in [0.1, 0.15) is 13.8 Å². The molecule has 0 spiro atoms. The summed E-state index contributed by atoms with van der Waals surface area (Å²) in [5.74, 6) is -1.74. The second kappa shape index (κ2) is 5.30. The van der Waals surface area contributed by atoms with Crippen molar-refractivity contribution in [1.29, 1.82) is 0 Å².